The number of carbonyl (C=O) groups is 2. The van der Waals surface area contributed by atoms with Crippen LogP contribution in [0.5, 0.6) is 0 Å². The number of esters is 1. The fourth-order valence-corrected chi connectivity index (χ4v) is 7.63. The van der Waals surface area contributed by atoms with Crippen LogP contribution >= 0.6 is 0 Å². The maximum absolute atomic E-state index is 14.2. The number of ketones is 1. The van der Waals surface area contributed by atoms with Gasteiger partial charge >= 0.3 is 5.97 Å². The summed E-state index contributed by atoms with van der Waals surface area (Å²) >= 11 is 0. The van der Waals surface area contributed by atoms with E-state index in [1.54, 1.807) is 0 Å². The van der Waals surface area contributed by atoms with Gasteiger partial charge in [0.15, 0.2) is 0 Å². The van der Waals surface area contributed by atoms with E-state index in [-0.39, 0.29) is 28.8 Å². The number of hydrogen-bond acceptors (Lipinski definition) is 4. The minimum Gasteiger partial charge on any atom is -0.469 e. The highest BCUT2D eigenvalue weighted by atomic mass is 16.5. The van der Waals surface area contributed by atoms with Gasteiger partial charge < -0.3 is 4.74 Å². The summed E-state index contributed by atoms with van der Waals surface area (Å²) < 4.78 is 4.99. The van der Waals surface area contributed by atoms with Gasteiger partial charge in [0.2, 0.25) is 0 Å². The Kier molecular flexibility index (Phi) is 4.55. The van der Waals surface area contributed by atoms with Crippen LogP contribution < -0.4 is 0 Å². The summed E-state index contributed by atoms with van der Waals surface area (Å²) in [5, 5.41) is 0. The van der Waals surface area contributed by atoms with Gasteiger partial charge in [-0.15, -0.1) is 0 Å². The fourth-order valence-electron chi connectivity index (χ4n) is 7.63. The number of fused-ring (bicyclic) bond motifs is 1. The lowest BCUT2D eigenvalue weighted by Crippen LogP contribution is -2.60. The molecular weight excluding hydrogens is 338 g/mol. The molecular formula is C23H35NO3. The van der Waals surface area contributed by atoms with E-state index in [4.69, 9.17) is 9.73 Å². The van der Waals surface area contributed by atoms with Crippen molar-refractivity contribution in [3.8, 4) is 0 Å². The lowest BCUT2D eigenvalue weighted by atomic mass is 9.44. The first-order valence-electron chi connectivity index (χ1n) is 11.0. The van der Waals surface area contributed by atoms with Crippen LogP contribution in [-0.4, -0.2) is 31.1 Å². The van der Waals surface area contributed by atoms with Crippen molar-refractivity contribution in [2.24, 2.45) is 39.0 Å². The summed E-state index contributed by atoms with van der Waals surface area (Å²) in [4.78, 5) is 31.5. The van der Waals surface area contributed by atoms with Gasteiger partial charge in [-0.3, -0.25) is 14.6 Å². The van der Waals surface area contributed by atoms with Crippen LogP contribution in [0, 0.1) is 34.0 Å². The summed E-state index contributed by atoms with van der Waals surface area (Å²) in [6, 6.07) is 0.225. The lowest BCUT2D eigenvalue weighted by Gasteiger charge is -2.58. The van der Waals surface area contributed by atoms with E-state index in [1.807, 2.05) is 0 Å². The summed E-state index contributed by atoms with van der Waals surface area (Å²) in [5.41, 5.74) is -0.477. The number of ether oxygens (including phenoxy) is 1. The first kappa shape index (κ1) is 19.1. The Balaban J connectivity index is 1.87. The third-order valence-electron chi connectivity index (χ3n) is 9.08. The summed E-state index contributed by atoms with van der Waals surface area (Å²) in [7, 11) is 1.45. The number of hydrogen-bond donors (Lipinski definition) is 0. The zero-order valence-electron chi connectivity index (χ0n) is 17.4. The smallest absolute Gasteiger partial charge is 0.305 e. The fraction of sp³-hybridized carbons (Fsp3) is 0.870. The van der Waals surface area contributed by atoms with Crippen molar-refractivity contribution in [2.75, 3.05) is 7.11 Å². The highest BCUT2D eigenvalue weighted by molar-refractivity contribution is 5.91. The van der Waals surface area contributed by atoms with E-state index in [1.165, 1.54) is 20.0 Å². The molecule has 2 heterocycles. The Labute approximate surface area is 163 Å². The number of Topliss-reactive ketones (excluding diaryl/α,β-unsaturated/α-hetero) is 1. The van der Waals surface area contributed by atoms with Crippen LogP contribution in [0.2, 0.25) is 0 Å². The molecule has 27 heavy (non-hydrogen) atoms. The minimum absolute atomic E-state index is 0.0823. The Morgan fingerprint density at radius 3 is 2.67 bits per heavy atom. The molecule has 2 aliphatic heterocycles. The Morgan fingerprint density at radius 1 is 1.26 bits per heavy atom. The van der Waals surface area contributed by atoms with Crippen LogP contribution in [0.1, 0.15) is 78.6 Å². The molecule has 0 aromatic carbocycles. The molecule has 0 amide bonds. The molecule has 0 saturated heterocycles. The first-order chi connectivity index (χ1) is 12.8. The van der Waals surface area contributed by atoms with Crippen molar-refractivity contribution in [3.63, 3.8) is 0 Å². The molecule has 3 fully saturated rings. The van der Waals surface area contributed by atoms with Crippen molar-refractivity contribution >= 4 is 18.0 Å². The number of rotatable bonds is 4. The van der Waals surface area contributed by atoms with Gasteiger partial charge in [0.25, 0.3) is 0 Å². The van der Waals surface area contributed by atoms with Gasteiger partial charge in [-0.1, -0.05) is 27.2 Å². The van der Waals surface area contributed by atoms with Crippen LogP contribution in [0.4, 0.5) is 0 Å². The second-order valence-corrected chi connectivity index (χ2v) is 10.2. The maximum Gasteiger partial charge on any atom is 0.305 e. The van der Waals surface area contributed by atoms with E-state index in [0.717, 1.165) is 32.1 Å². The summed E-state index contributed by atoms with van der Waals surface area (Å²) in [6.45, 7) is 6.71. The Hall–Kier alpha value is -1.19. The third-order valence-corrected chi connectivity index (χ3v) is 9.08. The number of aliphatic imine (C=N–C) groups is 1. The monoisotopic (exact) mass is 373 g/mol. The quantitative estimate of drug-likeness (QED) is 0.677. The van der Waals surface area contributed by atoms with Crippen LogP contribution in [0.15, 0.2) is 4.99 Å². The number of carbonyl (C=O) groups excluding carboxylic acids is 2. The SMILES string of the molecule is COC(=O)CC[C@]12C(=O)[C@@H](C(C)C)CC[C@@]1(C)C1CC[C@]3(C=N1)CCC[C@H]32. The van der Waals surface area contributed by atoms with Gasteiger partial charge in [0.1, 0.15) is 5.78 Å². The van der Waals surface area contributed by atoms with Crippen molar-refractivity contribution in [2.45, 2.75) is 84.6 Å². The van der Waals surface area contributed by atoms with E-state index in [2.05, 4.69) is 27.0 Å². The Morgan fingerprint density at radius 2 is 2.04 bits per heavy atom. The highest BCUT2D eigenvalue weighted by Gasteiger charge is 2.70. The van der Waals surface area contributed by atoms with Gasteiger partial charge in [0.05, 0.1) is 13.2 Å². The molecule has 3 saturated carbocycles. The number of nitrogens with zero attached hydrogens (tertiary/aromatic N) is 1. The molecule has 5 rings (SSSR count). The molecule has 0 aromatic rings. The zero-order chi connectivity index (χ0) is 19.4. The largest absolute Gasteiger partial charge is 0.469 e. The lowest BCUT2D eigenvalue weighted by molar-refractivity contribution is -0.164. The van der Waals surface area contributed by atoms with Crippen molar-refractivity contribution in [3.05, 3.63) is 0 Å². The Bertz CT molecular complexity index is 671. The van der Waals surface area contributed by atoms with Gasteiger partial charge in [0, 0.05) is 34.8 Å². The molecule has 1 unspecified atom stereocenters. The van der Waals surface area contributed by atoms with Gasteiger partial charge in [-0.05, 0) is 56.8 Å². The molecule has 0 radical (unpaired) electrons. The predicted molar refractivity (Wildman–Crippen MR) is 106 cm³/mol. The second kappa shape index (κ2) is 6.42. The maximum atomic E-state index is 14.2. The van der Waals surface area contributed by atoms with E-state index >= 15 is 0 Å². The zero-order valence-corrected chi connectivity index (χ0v) is 17.4. The molecule has 0 aromatic heterocycles. The molecule has 4 nitrogen and oxygen atoms in total. The van der Waals surface area contributed by atoms with Gasteiger partial charge in [-0.25, -0.2) is 0 Å². The van der Waals surface area contributed by atoms with Gasteiger partial charge in [-0.2, -0.15) is 0 Å². The van der Waals surface area contributed by atoms with Crippen molar-refractivity contribution in [1.82, 2.24) is 0 Å². The molecule has 5 aliphatic rings. The average Bonchev–Trinajstić information content (AvgIpc) is 2.98. The normalized spacial score (nSPS) is 45.5. The third kappa shape index (κ3) is 2.43. The van der Waals surface area contributed by atoms with Crippen LogP contribution in [0.3, 0.4) is 0 Å². The van der Waals surface area contributed by atoms with Crippen LogP contribution in [-0.2, 0) is 14.3 Å². The second-order valence-electron chi connectivity index (χ2n) is 10.2. The highest BCUT2D eigenvalue weighted by Crippen LogP contribution is 2.70. The number of methoxy groups -OCH3 is 1. The van der Waals surface area contributed by atoms with E-state index < -0.39 is 5.41 Å². The molecule has 1 spiro atoms. The predicted octanol–water partition coefficient (Wildman–Crippen LogP) is 4.60. The van der Waals surface area contributed by atoms with Crippen molar-refractivity contribution in [1.29, 1.82) is 0 Å². The topological polar surface area (TPSA) is 55.7 Å². The van der Waals surface area contributed by atoms with E-state index in [9.17, 15) is 9.59 Å². The van der Waals surface area contributed by atoms with Crippen molar-refractivity contribution < 1.29 is 14.3 Å². The van der Waals surface area contributed by atoms with E-state index in [0.29, 0.717) is 30.5 Å². The molecule has 6 atom stereocenters. The standard InChI is InChI=1S/C23H35NO3/c1-15(2)16-7-11-21(3)18-8-12-22(14-24-18)10-5-6-17(22)23(21,20(16)26)13-9-19(25)27-4/h14-18H,5-13H2,1-4H3/t16-,17-,18?,21+,22+,23+/m1/s1. The molecule has 3 aliphatic carbocycles. The average molecular weight is 374 g/mol. The summed E-state index contributed by atoms with van der Waals surface area (Å²) in [5.74, 6) is 1.08. The molecule has 0 N–H and O–H groups in total. The minimum atomic E-state index is -0.428. The molecule has 2 bridgehead atoms. The molecule has 150 valence electrons. The molecule has 4 heteroatoms. The first-order valence-corrected chi connectivity index (χ1v) is 11.0. The summed E-state index contributed by atoms with van der Waals surface area (Å²) in [6.07, 6.45) is 11.0. The van der Waals surface area contributed by atoms with Crippen LogP contribution in [0.25, 0.3) is 0 Å².